The number of nitrogens with zero attached hydrogens (tertiary/aromatic N) is 2. The Kier molecular flexibility index (Phi) is 5.38. The van der Waals surface area contributed by atoms with Gasteiger partial charge in [0.1, 0.15) is 0 Å². The molecule has 1 aliphatic heterocycles. The van der Waals surface area contributed by atoms with E-state index in [1.165, 1.54) is 10.9 Å². The smallest absolute Gasteiger partial charge is 0.234 e. The monoisotopic (exact) mass is 342 g/mol. The maximum Gasteiger partial charge on any atom is 0.234 e. The van der Waals surface area contributed by atoms with Crippen LogP contribution in [0, 0.1) is 0 Å². The Morgan fingerprint density at radius 2 is 1.92 bits per heavy atom. The van der Waals surface area contributed by atoms with Gasteiger partial charge in [0.25, 0.3) is 0 Å². The van der Waals surface area contributed by atoms with E-state index in [-0.39, 0.29) is 17.9 Å². The number of aryl methyl sites for hydroxylation is 1. The van der Waals surface area contributed by atoms with Gasteiger partial charge in [-0.15, -0.1) is 0 Å². The Labute approximate surface area is 148 Å². The summed E-state index contributed by atoms with van der Waals surface area (Å²) in [5.41, 5.74) is 7.76. The molecule has 1 atom stereocenters. The number of H-pyrrole nitrogens is 1. The van der Waals surface area contributed by atoms with E-state index >= 15 is 0 Å². The molecule has 2 aromatic rings. The molecule has 3 N–H and O–H groups in total. The molecule has 1 aliphatic rings. The molecule has 2 heterocycles. The Hall–Kier alpha value is -2.34. The van der Waals surface area contributed by atoms with Gasteiger partial charge in [-0.05, 0) is 31.4 Å². The summed E-state index contributed by atoms with van der Waals surface area (Å²) in [7, 11) is 0. The first-order valence-corrected chi connectivity index (χ1v) is 8.92. The summed E-state index contributed by atoms with van der Waals surface area (Å²) in [6, 6.07) is 7.97. The van der Waals surface area contributed by atoms with Gasteiger partial charge in [-0.25, -0.2) is 0 Å². The average molecular weight is 342 g/mol. The number of primary amides is 1. The van der Waals surface area contributed by atoms with E-state index in [0.717, 1.165) is 18.4 Å². The van der Waals surface area contributed by atoms with Gasteiger partial charge in [-0.2, -0.15) is 0 Å². The second kappa shape index (κ2) is 7.70. The average Bonchev–Trinajstić information content (AvgIpc) is 3.04. The number of nitrogens with one attached hydrogen (secondary N) is 1. The molecule has 0 radical (unpaired) electrons. The number of carbonyl (C=O) groups is 2. The van der Waals surface area contributed by atoms with Crippen molar-refractivity contribution in [3.8, 4) is 0 Å². The molecular formula is C19H26N4O2. The van der Waals surface area contributed by atoms with Crippen LogP contribution in [0.15, 0.2) is 30.5 Å². The molecule has 2 amide bonds. The van der Waals surface area contributed by atoms with Crippen LogP contribution in [0.5, 0.6) is 0 Å². The topological polar surface area (TPSA) is 82.4 Å². The van der Waals surface area contributed by atoms with E-state index < -0.39 is 0 Å². The van der Waals surface area contributed by atoms with E-state index in [2.05, 4.69) is 17.1 Å². The maximum atomic E-state index is 12.4. The zero-order chi connectivity index (χ0) is 17.8. The quantitative estimate of drug-likeness (QED) is 0.835. The van der Waals surface area contributed by atoms with Gasteiger partial charge in [0, 0.05) is 49.7 Å². The molecule has 1 aromatic heterocycles. The summed E-state index contributed by atoms with van der Waals surface area (Å²) in [4.78, 5) is 30.9. The Balaban J connectivity index is 1.45. The predicted molar refractivity (Wildman–Crippen MR) is 98.0 cm³/mol. The fourth-order valence-corrected chi connectivity index (χ4v) is 3.47. The molecule has 0 saturated carbocycles. The Bertz CT molecular complexity index is 747. The predicted octanol–water partition coefficient (Wildman–Crippen LogP) is 1.51. The molecule has 1 unspecified atom stereocenters. The van der Waals surface area contributed by atoms with Crippen molar-refractivity contribution in [3.05, 3.63) is 36.0 Å². The van der Waals surface area contributed by atoms with Crippen molar-refractivity contribution in [1.29, 1.82) is 0 Å². The zero-order valence-corrected chi connectivity index (χ0v) is 14.7. The standard InChI is InChI=1S/C19H26N4O2/c1-14(19(20)25)22-9-11-23(12-10-22)18(24)8-4-5-15-13-21-17-7-3-2-6-16(15)17/h2-3,6-7,13-14,21H,4-5,8-12H2,1H3,(H2,20,25). The number of hydrogen-bond donors (Lipinski definition) is 2. The van der Waals surface area contributed by atoms with Gasteiger partial charge in [-0.3, -0.25) is 14.5 Å². The number of fused-ring (bicyclic) bond motifs is 1. The number of aromatic amines is 1. The largest absolute Gasteiger partial charge is 0.368 e. The first kappa shape index (κ1) is 17.5. The van der Waals surface area contributed by atoms with Crippen LogP contribution in [-0.4, -0.2) is 58.8 Å². The fraction of sp³-hybridized carbons (Fsp3) is 0.474. The van der Waals surface area contributed by atoms with E-state index in [1.807, 2.05) is 35.1 Å². The highest BCUT2D eigenvalue weighted by Gasteiger charge is 2.25. The van der Waals surface area contributed by atoms with Gasteiger partial charge >= 0.3 is 0 Å². The highest BCUT2D eigenvalue weighted by atomic mass is 16.2. The van der Waals surface area contributed by atoms with E-state index in [9.17, 15) is 9.59 Å². The van der Waals surface area contributed by atoms with Gasteiger partial charge in [0.05, 0.1) is 6.04 Å². The van der Waals surface area contributed by atoms with Crippen molar-refractivity contribution >= 4 is 22.7 Å². The molecule has 6 heteroatoms. The van der Waals surface area contributed by atoms with Crippen LogP contribution in [0.3, 0.4) is 0 Å². The summed E-state index contributed by atoms with van der Waals surface area (Å²) in [5.74, 6) is -0.107. The molecule has 0 aliphatic carbocycles. The van der Waals surface area contributed by atoms with Crippen molar-refractivity contribution < 1.29 is 9.59 Å². The minimum atomic E-state index is -0.307. The minimum absolute atomic E-state index is 0.200. The summed E-state index contributed by atoms with van der Waals surface area (Å²) in [6.45, 7) is 4.57. The third-order valence-corrected chi connectivity index (χ3v) is 5.14. The third kappa shape index (κ3) is 4.02. The van der Waals surface area contributed by atoms with Crippen LogP contribution in [0.4, 0.5) is 0 Å². The van der Waals surface area contributed by atoms with Crippen molar-refractivity contribution in [2.75, 3.05) is 26.2 Å². The Morgan fingerprint density at radius 1 is 1.20 bits per heavy atom. The first-order valence-electron chi connectivity index (χ1n) is 8.92. The van der Waals surface area contributed by atoms with Gasteiger partial charge in [0.15, 0.2) is 0 Å². The molecule has 1 saturated heterocycles. The van der Waals surface area contributed by atoms with E-state index in [0.29, 0.717) is 32.6 Å². The highest BCUT2D eigenvalue weighted by Crippen LogP contribution is 2.19. The fourth-order valence-electron chi connectivity index (χ4n) is 3.47. The van der Waals surface area contributed by atoms with Gasteiger partial charge in [0.2, 0.25) is 11.8 Å². The van der Waals surface area contributed by atoms with Crippen LogP contribution in [0.1, 0.15) is 25.3 Å². The lowest BCUT2D eigenvalue weighted by atomic mass is 10.1. The van der Waals surface area contributed by atoms with E-state index in [4.69, 9.17) is 5.73 Å². The summed E-state index contributed by atoms with van der Waals surface area (Å²) in [6.07, 6.45) is 4.34. The number of nitrogens with two attached hydrogens (primary N) is 1. The van der Waals surface area contributed by atoms with E-state index in [1.54, 1.807) is 0 Å². The lowest BCUT2D eigenvalue weighted by molar-refractivity contribution is -0.134. The lowest BCUT2D eigenvalue weighted by Gasteiger charge is -2.37. The van der Waals surface area contributed by atoms with Crippen LogP contribution in [-0.2, 0) is 16.0 Å². The SMILES string of the molecule is CC(C(N)=O)N1CCN(C(=O)CCCc2c[nH]c3ccccc23)CC1. The number of benzene rings is 1. The van der Waals surface area contributed by atoms with Crippen LogP contribution < -0.4 is 5.73 Å². The van der Waals surface area contributed by atoms with Crippen molar-refractivity contribution in [1.82, 2.24) is 14.8 Å². The van der Waals surface area contributed by atoms with Gasteiger partial charge < -0.3 is 15.6 Å². The molecule has 1 aromatic carbocycles. The number of aromatic nitrogens is 1. The minimum Gasteiger partial charge on any atom is -0.368 e. The molecule has 0 spiro atoms. The normalized spacial score (nSPS) is 16.9. The maximum absolute atomic E-state index is 12.4. The molecule has 6 nitrogen and oxygen atoms in total. The number of para-hydroxylation sites is 1. The summed E-state index contributed by atoms with van der Waals surface area (Å²) in [5, 5.41) is 1.24. The van der Waals surface area contributed by atoms with Gasteiger partial charge in [-0.1, -0.05) is 18.2 Å². The first-order chi connectivity index (χ1) is 12.1. The van der Waals surface area contributed by atoms with Crippen LogP contribution in [0.25, 0.3) is 10.9 Å². The molecule has 134 valence electrons. The van der Waals surface area contributed by atoms with Crippen LogP contribution in [0.2, 0.25) is 0 Å². The molecular weight excluding hydrogens is 316 g/mol. The second-order valence-corrected chi connectivity index (χ2v) is 6.71. The molecule has 1 fully saturated rings. The molecule has 3 rings (SSSR count). The number of rotatable bonds is 6. The van der Waals surface area contributed by atoms with Crippen LogP contribution >= 0.6 is 0 Å². The number of amides is 2. The van der Waals surface area contributed by atoms with Crippen molar-refractivity contribution in [2.24, 2.45) is 5.73 Å². The molecule has 25 heavy (non-hydrogen) atoms. The molecule has 0 bridgehead atoms. The van der Waals surface area contributed by atoms with Crippen molar-refractivity contribution in [3.63, 3.8) is 0 Å². The second-order valence-electron chi connectivity index (χ2n) is 6.71. The highest BCUT2D eigenvalue weighted by molar-refractivity contribution is 5.83. The lowest BCUT2D eigenvalue weighted by Crippen LogP contribution is -2.54. The number of hydrogen-bond acceptors (Lipinski definition) is 3. The summed E-state index contributed by atoms with van der Waals surface area (Å²) >= 11 is 0. The van der Waals surface area contributed by atoms with Crippen molar-refractivity contribution in [2.45, 2.75) is 32.2 Å². The summed E-state index contributed by atoms with van der Waals surface area (Å²) < 4.78 is 0. The zero-order valence-electron chi connectivity index (χ0n) is 14.7. The number of carbonyl (C=O) groups excluding carboxylic acids is 2. The number of piperazine rings is 1. The third-order valence-electron chi connectivity index (χ3n) is 5.14. The Morgan fingerprint density at radius 3 is 2.64 bits per heavy atom.